The van der Waals surface area contributed by atoms with Gasteiger partial charge in [-0.2, -0.15) is 23.3 Å². The first-order chi connectivity index (χ1) is 11.1. The van der Waals surface area contributed by atoms with Gasteiger partial charge < -0.3 is 5.11 Å². The van der Waals surface area contributed by atoms with Gasteiger partial charge in [0, 0.05) is 16.3 Å². The van der Waals surface area contributed by atoms with E-state index in [1.54, 1.807) is 0 Å². The fraction of sp³-hybridized carbons (Fsp3) is 0.500. The van der Waals surface area contributed by atoms with Crippen molar-refractivity contribution in [3.8, 4) is 0 Å². The first-order valence-corrected chi connectivity index (χ1v) is 7.99. The highest BCUT2D eigenvalue weighted by Crippen LogP contribution is 2.49. The van der Waals surface area contributed by atoms with Crippen LogP contribution in [0.3, 0.4) is 0 Å². The molecular formula is C16H16ClF3N2O2. The van der Waals surface area contributed by atoms with Crippen molar-refractivity contribution in [3.63, 3.8) is 0 Å². The molecule has 0 aromatic heterocycles. The molecule has 0 bridgehead atoms. The molecule has 2 aliphatic rings. The van der Waals surface area contributed by atoms with Crippen LogP contribution in [0.15, 0.2) is 29.4 Å². The Kier molecular flexibility index (Phi) is 4.12. The van der Waals surface area contributed by atoms with Gasteiger partial charge in [0.15, 0.2) is 0 Å². The molecule has 1 N–H and O–H groups in total. The maximum absolute atomic E-state index is 13.7. The molecule has 0 spiro atoms. The number of fused-ring (bicyclic) bond motifs is 1. The molecule has 1 amide bonds. The summed E-state index contributed by atoms with van der Waals surface area (Å²) < 4.78 is 41.1. The van der Waals surface area contributed by atoms with Crippen LogP contribution in [-0.2, 0) is 0 Å². The molecule has 1 aliphatic heterocycles. The number of carbonyl (C=O) groups excluding carboxylic acids is 1. The molecular weight excluding hydrogens is 345 g/mol. The van der Waals surface area contributed by atoms with E-state index in [4.69, 9.17) is 11.6 Å². The molecule has 1 aromatic carbocycles. The summed E-state index contributed by atoms with van der Waals surface area (Å²) in [7, 11) is 0. The van der Waals surface area contributed by atoms with Crippen LogP contribution in [0.2, 0.25) is 5.02 Å². The summed E-state index contributed by atoms with van der Waals surface area (Å²) in [5.41, 5.74) is -3.10. The number of amides is 1. The van der Waals surface area contributed by atoms with E-state index in [0.717, 1.165) is 0 Å². The lowest BCUT2D eigenvalue weighted by molar-refractivity contribution is -0.313. The number of hydrogen-bond donors (Lipinski definition) is 1. The Balaban J connectivity index is 2.03. The van der Waals surface area contributed by atoms with Gasteiger partial charge in [-0.25, -0.2) is 0 Å². The maximum atomic E-state index is 13.7. The van der Waals surface area contributed by atoms with Crippen LogP contribution >= 0.6 is 11.6 Å². The van der Waals surface area contributed by atoms with E-state index >= 15 is 0 Å². The van der Waals surface area contributed by atoms with E-state index in [-0.39, 0.29) is 28.6 Å². The summed E-state index contributed by atoms with van der Waals surface area (Å²) in [6.07, 6.45) is -3.85. The number of carbonyl (C=O) groups is 1. The van der Waals surface area contributed by atoms with Crippen molar-refractivity contribution >= 4 is 23.2 Å². The number of aliphatic hydroxyl groups is 1. The van der Waals surface area contributed by atoms with Crippen LogP contribution in [0.25, 0.3) is 0 Å². The molecule has 130 valence electrons. The van der Waals surface area contributed by atoms with Crippen molar-refractivity contribution in [1.29, 1.82) is 0 Å². The van der Waals surface area contributed by atoms with Gasteiger partial charge in [0.25, 0.3) is 11.6 Å². The summed E-state index contributed by atoms with van der Waals surface area (Å²) >= 11 is 5.74. The van der Waals surface area contributed by atoms with E-state index < -0.39 is 23.7 Å². The highest BCUT2D eigenvalue weighted by atomic mass is 35.5. The van der Waals surface area contributed by atoms with E-state index in [1.807, 2.05) is 6.92 Å². The summed E-state index contributed by atoms with van der Waals surface area (Å²) in [5.74, 6) is -2.20. The van der Waals surface area contributed by atoms with E-state index in [9.17, 15) is 23.1 Å². The predicted molar refractivity (Wildman–Crippen MR) is 82.6 cm³/mol. The molecule has 8 heteroatoms. The molecule has 1 fully saturated rings. The molecule has 4 nitrogen and oxygen atoms in total. The highest BCUT2D eigenvalue weighted by Gasteiger charge is 2.68. The lowest BCUT2D eigenvalue weighted by atomic mass is 9.76. The minimum Gasteiger partial charge on any atom is -0.362 e. The average molecular weight is 361 g/mol. The fourth-order valence-corrected chi connectivity index (χ4v) is 3.45. The van der Waals surface area contributed by atoms with Gasteiger partial charge in [0.1, 0.15) is 0 Å². The molecule has 0 saturated heterocycles. The number of halogens is 4. The van der Waals surface area contributed by atoms with Crippen LogP contribution in [0.5, 0.6) is 0 Å². The summed E-state index contributed by atoms with van der Waals surface area (Å²) in [4.78, 5) is 12.6. The molecule has 1 aromatic rings. The number of benzene rings is 1. The summed E-state index contributed by atoms with van der Waals surface area (Å²) in [6, 6.07) is 5.43. The van der Waals surface area contributed by atoms with Crippen LogP contribution in [0, 0.1) is 11.8 Å². The van der Waals surface area contributed by atoms with E-state index in [1.165, 1.54) is 24.3 Å². The Morgan fingerprint density at radius 3 is 2.58 bits per heavy atom. The second-order valence-electron chi connectivity index (χ2n) is 6.37. The first kappa shape index (κ1) is 17.2. The van der Waals surface area contributed by atoms with E-state index in [0.29, 0.717) is 17.9 Å². The molecule has 1 heterocycles. The number of nitrogens with zero attached hydrogens (tertiary/aromatic N) is 2. The van der Waals surface area contributed by atoms with Gasteiger partial charge in [0.2, 0.25) is 0 Å². The van der Waals surface area contributed by atoms with Crippen LogP contribution < -0.4 is 0 Å². The Morgan fingerprint density at radius 2 is 2.00 bits per heavy atom. The number of hydrogen-bond acceptors (Lipinski definition) is 3. The lowest BCUT2D eigenvalue weighted by Gasteiger charge is -2.39. The molecule has 3 atom stereocenters. The van der Waals surface area contributed by atoms with Gasteiger partial charge in [-0.05, 0) is 49.4 Å². The number of hydrazone groups is 1. The normalized spacial score (nSPS) is 30.1. The third-order valence-corrected chi connectivity index (χ3v) is 4.92. The minimum atomic E-state index is -5.01. The van der Waals surface area contributed by atoms with Gasteiger partial charge >= 0.3 is 6.18 Å². The Morgan fingerprint density at radius 1 is 1.38 bits per heavy atom. The van der Waals surface area contributed by atoms with Gasteiger partial charge in [-0.15, -0.1) is 0 Å². The standard InChI is InChI=1S/C16H16ClF3N2O2/c1-9-2-7-13-12(8-9)15(24,16(18,19)20)22(21-13)14(23)10-3-5-11(17)6-4-10/h3-6,9,12,24H,2,7-8H2,1H3. The van der Waals surface area contributed by atoms with Crippen LogP contribution in [0.1, 0.15) is 36.5 Å². The van der Waals surface area contributed by atoms with Crippen molar-refractivity contribution in [2.75, 3.05) is 0 Å². The Labute approximate surface area is 141 Å². The quantitative estimate of drug-likeness (QED) is 0.827. The zero-order chi connectivity index (χ0) is 17.7. The highest BCUT2D eigenvalue weighted by molar-refractivity contribution is 6.30. The number of rotatable bonds is 1. The molecule has 1 aliphatic carbocycles. The number of alkyl halides is 3. The first-order valence-electron chi connectivity index (χ1n) is 7.61. The van der Waals surface area contributed by atoms with Crippen molar-refractivity contribution in [3.05, 3.63) is 34.9 Å². The third-order valence-electron chi connectivity index (χ3n) is 4.67. The third kappa shape index (κ3) is 2.59. The van der Waals surface area contributed by atoms with Gasteiger partial charge in [-0.3, -0.25) is 4.79 Å². The van der Waals surface area contributed by atoms with Crippen molar-refractivity contribution in [2.24, 2.45) is 16.9 Å². The molecule has 0 radical (unpaired) electrons. The van der Waals surface area contributed by atoms with Crippen molar-refractivity contribution < 1.29 is 23.1 Å². The zero-order valence-corrected chi connectivity index (χ0v) is 13.6. The predicted octanol–water partition coefficient (Wildman–Crippen LogP) is 3.84. The SMILES string of the molecule is CC1CCC2=NN(C(=O)c3ccc(Cl)cc3)C(O)(C(F)(F)F)C2C1. The summed E-state index contributed by atoms with van der Waals surface area (Å²) in [5, 5.41) is 14.9. The Hall–Kier alpha value is -1.60. The average Bonchev–Trinajstić information content (AvgIpc) is 2.81. The lowest BCUT2D eigenvalue weighted by Crippen LogP contribution is -2.61. The molecule has 3 rings (SSSR count). The van der Waals surface area contributed by atoms with Crippen LogP contribution in [-0.4, -0.2) is 33.6 Å². The van der Waals surface area contributed by atoms with Crippen molar-refractivity contribution in [1.82, 2.24) is 5.01 Å². The fourth-order valence-electron chi connectivity index (χ4n) is 3.33. The maximum Gasteiger partial charge on any atom is 0.439 e. The van der Waals surface area contributed by atoms with Crippen LogP contribution in [0.4, 0.5) is 13.2 Å². The summed E-state index contributed by atoms with van der Waals surface area (Å²) in [6.45, 7) is 1.83. The zero-order valence-electron chi connectivity index (χ0n) is 12.8. The minimum absolute atomic E-state index is 0.0156. The Bertz CT molecular complexity index is 690. The topological polar surface area (TPSA) is 52.9 Å². The second kappa shape index (κ2) is 5.74. The van der Waals surface area contributed by atoms with Gasteiger partial charge in [-0.1, -0.05) is 18.5 Å². The molecule has 1 saturated carbocycles. The van der Waals surface area contributed by atoms with E-state index in [2.05, 4.69) is 5.10 Å². The van der Waals surface area contributed by atoms with Gasteiger partial charge in [0.05, 0.1) is 5.92 Å². The monoisotopic (exact) mass is 360 g/mol. The van der Waals surface area contributed by atoms with Crippen molar-refractivity contribution in [2.45, 2.75) is 38.1 Å². The largest absolute Gasteiger partial charge is 0.439 e. The second-order valence-corrected chi connectivity index (χ2v) is 6.81. The molecule has 24 heavy (non-hydrogen) atoms. The smallest absolute Gasteiger partial charge is 0.362 e. The molecule has 3 unspecified atom stereocenters.